The molecule has 0 aromatic carbocycles. The molecule has 0 spiro atoms. The van der Waals surface area contributed by atoms with E-state index < -0.39 is 29.5 Å². The van der Waals surface area contributed by atoms with E-state index in [2.05, 4.69) is 6.92 Å². The molecule has 0 aromatic rings. The highest BCUT2D eigenvalue weighted by Gasteiger charge is 2.70. The molecule has 0 aromatic heterocycles. The molecule has 148 valence electrons. The molecule has 4 rings (SSSR count). The Bertz CT molecular complexity index is 754. The molecule has 0 amide bonds. The van der Waals surface area contributed by atoms with Gasteiger partial charge in [-0.2, -0.15) is 0 Å². The van der Waals surface area contributed by atoms with Gasteiger partial charge in [0.05, 0.1) is 6.10 Å². The lowest BCUT2D eigenvalue weighted by molar-refractivity contribution is -0.183. The van der Waals surface area contributed by atoms with E-state index >= 15 is 0 Å². The molecule has 4 aliphatic carbocycles. The SMILES string of the molecule is C[C@@H]1C[C@@H]2[C@H]3CCC4=CC(=O)C=C[C@]4(C)[C@@H]3[C@@H](O)C[C@]2(C)[C@]1(O)C(=O)CO. The molecule has 0 bridgehead atoms. The van der Waals surface area contributed by atoms with Crippen LogP contribution in [0, 0.1) is 34.5 Å². The van der Waals surface area contributed by atoms with Gasteiger partial charge in [-0.25, -0.2) is 0 Å². The number of ketones is 2. The summed E-state index contributed by atoms with van der Waals surface area (Å²) in [5, 5.41) is 32.1. The fourth-order valence-electron chi connectivity index (χ4n) is 7.37. The molecule has 3 N–H and O–H groups in total. The maximum Gasteiger partial charge on any atom is 0.190 e. The Kier molecular flexibility index (Phi) is 4.12. The van der Waals surface area contributed by atoms with Crippen LogP contribution in [0.3, 0.4) is 0 Å². The van der Waals surface area contributed by atoms with Gasteiger partial charge in [0.15, 0.2) is 11.6 Å². The van der Waals surface area contributed by atoms with E-state index in [1.165, 1.54) is 0 Å². The Balaban J connectivity index is 1.78. The first-order valence-electron chi connectivity index (χ1n) is 10.1. The Labute approximate surface area is 160 Å². The van der Waals surface area contributed by atoms with Crippen LogP contribution in [0.2, 0.25) is 0 Å². The Hall–Kier alpha value is -1.30. The van der Waals surface area contributed by atoms with Gasteiger partial charge in [0.2, 0.25) is 0 Å². The van der Waals surface area contributed by atoms with Crippen molar-refractivity contribution >= 4 is 11.6 Å². The van der Waals surface area contributed by atoms with Crippen molar-refractivity contribution in [3.05, 3.63) is 23.8 Å². The van der Waals surface area contributed by atoms with Crippen molar-refractivity contribution in [3.8, 4) is 0 Å². The summed E-state index contributed by atoms with van der Waals surface area (Å²) < 4.78 is 0. The van der Waals surface area contributed by atoms with Gasteiger partial charge in [0.1, 0.15) is 12.2 Å². The topological polar surface area (TPSA) is 94.8 Å². The molecule has 3 saturated carbocycles. The molecular formula is C22H30O5. The van der Waals surface area contributed by atoms with Crippen molar-refractivity contribution in [2.75, 3.05) is 6.61 Å². The number of carbonyl (C=O) groups excluding carboxylic acids is 2. The predicted molar refractivity (Wildman–Crippen MR) is 99.6 cm³/mol. The third-order valence-corrected chi connectivity index (χ3v) is 8.65. The fourth-order valence-corrected chi connectivity index (χ4v) is 7.37. The van der Waals surface area contributed by atoms with Crippen molar-refractivity contribution < 1.29 is 24.9 Å². The average molecular weight is 374 g/mol. The van der Waals surface area contributed by atoms with Crippen LogP contribution in [0.5, 0.6) is 0 Å². The maximum absolute atomic E-state index is 12.6. The summed E-state index contributed by atoms with van der Waals surface area (Å²) in [6.45, 7) is 5.23. The zero-order valence-electron chi connectivity index (χ0n) is 16.3. The van der Waals surface area contributed by atoms with Crippen LogP contribution in [-0.4, -0.2) is 45.2 Å². The first-order valence-corrected chi connectivity index (χ1v) is 10.1. The fraction of sp³-hybridized carbons (Fsp3) is 0.727. The molecule has 0 saturated heterocycles. The van der Waals surface area contributed by atoms with Gasteiger partial charge in [0.25, 0.3) is 0 Å². The van der Waals surface area contributed by atoms with Crippen molar-refractivity contribution in [1.29, 1.82) is 0 Å². The van der Waals surface area contributed by atoms with Crippen LogP contribution in [0.25, 0.3) is 0 Å². The van der Waals surface area contributed by atoms with Gasteiger partial charge < -0.3 is 15.3 Å². The van der Waals surface area contributed by atoms with E-state index in [-0.39, 0.29) is 34.9 Å². The van der Waals surface area contributed by atoms with Crippen LogP contribution >= 0.6 is 0 Å². The zero-order valence-corrected chi connectivity index (χ0v) is 16.3. The molecule has 0 radical (unpaired) electrons. The second-order valence-electron chi connectivity index (χ2n) is 9.70. The van der Waals surface area contributed by atoms with Gasteiger partial charge in [-0.3, -0.25) is 9.59 Å². The smallest absolute Gasteiger partial charge is 0.190 e. The minimum atomic E-state index is -1.60. The van der Waals surface area contributed by atoms with E-state index in [0.29, 0.717) is 12.8 Å². The molecule has 5 nitrogen and oxygen atoms in total. The number of allylic oxidation sites excluding steroid dienone is 4. The number of Topliss-reactive ketones (excluding diaryl/α,β-unsaturated/α-hetero) is 1. The molecule has 27 heavy (non-hydrogen) atoms. The first kappa shape index (κ1) is 19.0. The molecule has 8 atom stereocenters. The summed E-state index contributed by atoms with van der Waals surface area (Å²) >= 11 is 0. The summed E-state index contributed by atoms with van der Waals surface area (Å²) in [6, 6.07) is 0. The predicted octanol–water partition coefficient (Wildman–Crippen LogP) is 1.80. The van der Waals surface area contributed by atoms with E-state index in [9.17, 15) is 24.9 Å². The number of hydrogen-bond donors (Lipinski definition) is 3. The van der Waals surface area contributed by atoms with Gasteiger partial charge in [-0.05, 0) is 55.6 Å². The van der Waals surface area contributed by atoms with E-state index in [0.717, 1.165) is 18.4 Å². The van der Waals surface area contributed by atoms with E-state index in [1.54, 1.807) is 12.2 Å². The largest absolute Gasteiger partial charge is 0.393 e. The van der Waals surface area contributed by atoms with Gasteiger partial charge in [-0.1, -0.05) is 32.4 Å². The van der Waals surface area contributed by atoms with Crippen molar-refractivity contribution in [2.45, 2.75) is 58.2 Å². The van der Waals surface area contributed by atoms with Crippen molar-refractivity contribution in [2.24, 2.45) is 34.5 Å². The molecular weight excluding hydrogens is 344 g/mol. The van der Waals surface area contributed by atoms with Gasteiger partial charge in [-0.15, -0.1) is 0 Å². The second-order valence-corrected chi connectivity index (χ2v) is 9.70. The maximum atomic E-state index is 12.6. The summed E-state index contributed by atoms with van der Waals surface area (Å²) in [6.07, 6.45) is 7.30. The quantitative estimate of drug-likeness (QED) is 0.685. The highest BCUT2D eigenvalue weighted by atomic mass is 16.3. The number of aliphatic hydroxyl groups excluding tert-OH is 2. The zero-order chi connectivity index (χ0) is 19.8. The molecule has 0 aliphatic heterocycles. The molecule has 4 aliphatic rings. The van der Waals surface area contributed by atoms with Crippen LogP contribution in [0.4, 0.5) is 0 Å². The minimum Gasteiger partial charge on any atom is -0.393 e. The van der Waals surface area contributed by atoms with Gasteiger partial charge in [0, 0.05) is 16.7 Å². The number of rotatable bonds is 2. The van der Waals surface area contributed by atoms with E-state index in [1.807, 2.05) is 19.9 Å². The normalized spacial score (nSPS) is 51.3. The first-order chi connectivity index (χ1) is 12.6. The molecule has 5 heteroatoms. The van der Waals surface area contributed by atoms with Crippen LogP contribution in [0.15, 0.2) is 23.8 Å². The monoisotopic (exact) mass is 374 g/mol. The summed E-state index contributed by atoms with van der Waals surface area (Å²) in [4.78, 5) is 24.4. The lowest BCUT2D eigenvalue weighted by Gasteiger charge is -2.59. The summed E-state index contributed by atoms with van der Waals surface area (Å²) in [5.41, 5.74) is -1.62. The van der Waals surface area contributed by atoms with Crippen LogP contribution < -0.4 is 0 Å². The summed E-state index contributed by atoms with van der Waals surface area (Å²) in [7, 11) is 0. The van der Waals surface area contributed by atoms with Crippen molar-refractivity contribution in [1.82, 2.24) is 0 Å². The Morgan fingerprint density at radius 1 is 1.33 bits per heavy atom. The van der Waals surface area contributed by atoms with Crippen LogP contribution in [-0.2, 0) is 9.59 Å². The van der Waals surface area contributed by atoms with Gasteiger partial charge >= 0.3 is 0 Å². The number of fused-ring (bicyclic) bond motifs is 5. The number of carbonyl (C=O) groups is 2. The highest BCUT2D eigenvalue weighted by molar-refractivity contribution is 6.01. The lowest BCUT2D eigenvalue weighted by atomic mass is 9.46. The highest BCUT2D eigenvalue weighted by Crippen LogP contribution is 2.68. The average Bonchev–Trinajstić information content (AvgIpc) is 2.82. The third kappa shape index (κ3) is 2.22. The summed E-state index contributed by atoms with van der Waals surface area (Å²) in [5.74, 6) is -0.539. The Morgan fingerprint density at radius 3 is 2.70 bits per heavy atom. The number of aliphatic hydroxyl groups is 3. The molecule has 3 fully saturated rings. The Morgan fingerprint density at radius 2 is 2.04 bits per heavy atom. The third-order valence-electron chi connectivity index (χ3n) is 8.65. The lowest BCUT2D eigenvalue weighted by Crippen LogP contribution is -2.62. The van der Waals surface area contributed by atoms with E-state index in [4.69, 9.17) is 0 Å². The second kappa shape index (κ2) is 5.85. The van der Waals surface area contributed by atoms with Crippen molar-refractivity contribution in [3.63, 3.8) is 0 Å². The molecule has 0 unspecified atom stereocenters. The standard InChI is InChI=1S/C22H30O5/c1-12-8-16-15-5-4-13-9-14(24)6-7-20(13,2)19(15)17(25)10-21(16,3)22(12,27)18(26)11-23/h6-7,9,12,15-17,19,23,25,27H,4-5,8,10-11H2,1-3H3/t12-,15-,16-,17+,19+,20+,21+,22-/m1/s1. The number of hydrogen-bond acceptors (Lipinski definition) is 5. The minimum absolute atomic E-state index is 0.00784. The van der Waals surface area contributed by atoms with Crippen LogP contribution in [0.1, 0.15) is 46.5 Å². The molecule has 0 heterocycles.